The Kier molecular flexibility index (Phi) is 3.64. The molecule has 0 aliphatic rings. The molecule has 0 atom stereocenters. The average Bonchev–Trinajstić information content (AvgIpc) is 2.73. The SMILES string of the molecule is CCCn1c(C(=O)O)ccc1-c1ccc(F)cc1F. The maximum Gasteiger partial charge on any atom is 0.352 e. The van der Waals surface area contributed by atoms with Gasteiger partial charge in [0.15, 0.2) is 0 Å². The van der Waals surface area contributed by atoms with E-state index in [1.807, 2.05) is 6.92 Å². The zero-order valence-electron chi connectivity index (χ0n) is 10.4. The molecular formula is C14H13F2NO2. The van der Waals surface area contributed by atoms with E-state index in [2.05, 4.69) is 0 Å². The average molecular weight is 265 g/mol. The van der Waals surface area contributed by atoms with Crippen LogP contribution in [0.5, 0.6) is 0 Å². The molecule has 1 N–H and O–H groups in total. The maximum atomic E-state index is 13.8. The lowest BCUT2D eigenvalue weighted by atomic mass is 10.1. The predicted molar refractivity (Wildman–Crippen MR) is 67.0 cm³/mol. The van der Waals surface area contributed by atoms with Gasteiger partial charge in [-0.15, -0.1) is 0 Å². The topological polar surface area (TPSA) is 42.2 Å². The van der Waals surface area contributed by atoms with Crippen molar-refractivity contribution in [1.82, 2.24) is 4.57 Å². The molecule has 0 saturated carbocycles. The van der Waals surface area contributed by atoms with Crippen LogP contribution in [-0.2, 0) is 6.54 Å². The van der Waals surface area contributed by atoms with Crippen LogP contribution < -0.4 is 0 Å². The normalized spacial score (nSPS) is 10.7. The van der Waals surface area contributed by atoms with Crippen LogP contribution in [0.2, 0.25) is 0 Å². The molecule has 0 aliphatic heterocycles. The van der Waals surface area contributed by atoms with Crippen LogP contribution >= 0.6 is 0 Å². The molecule has 0 amide bonds. The molecule has 0 spiro atoms. The fourth-order valence-electron chi connectivity index (χ4n) is 2.05. The van der Waals surface area contributed by atoms with Gasteiger partial charge in [0.2, 0.25) is 0 Å². The third kappa shape index (κ3) is 2.50. The van der Waals surface area contributed by atoms with E-state index < -0.39 is 17.6 Å². The number of hydrogen-bond acceptors (Lipinski definition) is 1. The van der Waals surface area contributed by atoms with Crippen molar-refractivity contribution in [3.63, 3.8) is 0 Å². The fourth-order valence-corrected chi connectivity index (χ4v) is 2.05. The minimum Gasteiger partial charge on any atom is -0.477 e. The van der Waals surface area contributed by atoms with Crippen molar-refractivity contribution in [3.05, 3.63) is 47.7 Å². The van der Waals surface area contributed by atoms with Crippen LogP contribution in [0.15, 0.2) is 30.3 Å². The van der Waals surface area contributed by atoms with Gasteiger partial charge in [0.1, 0.15) is 17.3 Å². The molecule has 1 aromatic carbocycles. The number of carbonyl (C=O) groups is 1. The number of carboxylic acids is 1. The molecule has 1 heterocycles. The first-order chi connectivity index (χ1) is 9.04. The molecule has 2 rings (SSSR count). The number of nitrogens with zero attached hydrogens (tertiary/aromatic N) is 1. The predicted octanol–water partition coefficient (Wildman–Crippen LogP) is 3.54. The van der Waals surface area contributed by atoms with Gasteiger partial charge in [-0.2, -0.15) is 0 Å². The second-order valence-corrected chi connectivity index (χ2v) is 4.18. The Morgan fingerprint density at radius 3 is 2.58 bits per heavy atom. The van der Waals surface area contributed by atoms with Crippen LogP contribution in [0.4, 0.5) is 8.78 Å². The van der Waals surface area contributed by atoms with Gasteiger partial charge in [-0.25, -0.2) is 13.6 Å². The van der Waals surface area contributed by atoms with Gasteiger partial charge in [0, 0.05) is 18.2 Å². The quantitative estimate of drug-likeness (QED) is 0.918. The molecule has 0 radical (unpaired) electrons. The molecule has 3 nitrogen and oxygen atoms in total. The Morgan fingerprint density at radius 2 is 2.00 bits per heavy atom. The minimum absolute atomic E-state index is 0.0978. The van der Waals surface area contributed by atoms with Crippen LogP contribution in [0.3, 0.4) is 0 Å². The zero-order valence-corrected chi connectivity index (χ0v) is 10.4. The molecule has 0 bridgehead atoms. The van der Waals surface area contributed by atoms with Crippen LogP contribution in [0.25, 0.3) is 11.3 Å². The van der Waals surface area contributed by atoms with Crippen molar-refractivity contribution < 1.29 is 18.7 Å². The molecule has 100 valence electrons. The second-order valence-electron chi connectivity index (χ2n) is 4.18. The van der Waals surface area contributed by atoms with E-state index in [9.17, 15) is 13.6 Å². The molecule has 5 heteroatoms. The number of rotatable bonds is 4. The Labute approximate surface area is 109 Å². The van der Waals surface area contributed by atoms with E-state index in [0.29, 0.717) is 18.7 Å². The summed E-state index contributed by atoms with van der Waals surface area (Å²) in [6.07, 6.45) is 0.713. The first-order valence-corrected chi connectivity index (χ1v) is 5.92. The highest BCUT2D eigenvalue weighted by Gasteiger charge is 2.17. The van der Waals surface area contributed by atoms with Crippen LogP contribution in [-0.4, -0.2) is 15.6 Å². The standard InChI is InChI=1S/C14H13F2NO2/c1-2-7-17-12(5-6-13(17)14(18)19)10-4-3-9(15)8-11(10)16/h3-6,8H,2,7H2,1H3,(H,18,19). The summed E-state index contributed by atoms with van der Waals surface area (Å²) in [5.41, 5.74) is 0.736. The Balaban J connectivity index is 2.58. The van der Waals surface area contributed by atoms with E-state index in [1.165, 1.54) is 22.8 Å². The van der Waals surface area contributed by atoms with Crippen molar-refractivity contribution in [2.75, 3.05) is 0 Å². The largest absolute Gasteiger partial charge is 0.477 e. The fraction of sp³-hybridized carbons (Fsp3) is 0.214. The van der Waals surface area contributed by atoms with Gasteiger partial charge in [0.25, 0.3) is 0 Å². The summed E-state index contributed by atoms with van der Waals surface area (Å²) in [6, 6.07) is 6.23. The van der Waals surface area contributed by atoms with Gasteiger partial charge in [-0.3, -0.25) is 0 Å². The number of benzene rings is 1. The third-order valence-electron chi connectivity index (χ3n) is 2.85. The molecule has 0 saturated heterocycles. The maximum absolute atomic E-state index is 13.8. The summed E-state index contributed by atoms with van der Waals surface area (Å²) in [5.74, 6) is -2.43. The first-order valence-electron chi connectivity index (χ1n) is 5.92. The third-order valence-corrected chi connectivity index (χ3v) is 2.85. The van der Waals surface area contributed by atoms with Gasteiger partial charge < -0.3 is 9.67 Å². The van der Waals surface area contributed by atoms with E-state index in [1.54, 1.807) is 0 Å². The van der Waals surface area contributed by atoms with Gasteiger partial charge in [-0.05, 0) is 30.7 Å². The number of aromatic nitrogens is 1. The summed E-state index contributed by atoms with van der Waals surface area (Å²) < 4.78 is 28.2. The van der Waals surface area contributed by atoms with Crippen molar-refractivity contribution in [1.29, 1.82) is 0 Å². The highest BCUT2D eigenvalue weighted by atomic mass is 19.1. The summed E-state index contributed by atoms with van der Waals surface area (Å²) >= 11 is 0. The lowest BCUT2D eigenvalue weighted by Crippen LogP contribution is -2.09. The number of hydrogen-bond donors (Lipinski definition) is 1. The minimum atomic E-state index is -1.07. The van der Waals surface area contributed by atoms with E-state index in [0.717, 1.165) is 12.1 Å². The Bertz CT molecular complexity index is 620. The highest BCUT2D eigenvalue weighted by Crippen LogP contribution is 2.26. The Hall–Kier alpha value is -2.17. The van der Waals surface area contributed by atoms with Gasteiger partial charge >= 0.3 is 5.97 Å². The molecule has 0 aliphatic carbocycles. The molecular weight excluding hydrogens is 252 g/mol. The summed E-state index contributed by atoms with van der Waals surface area (Å²) in [5, 5.41) is 9.09. The van der Waals surface area contributed by atoms with Crippen molar-refractivity contribution in [2.45, 2.75) is 19.9 Å². The Morgan fingerprint density at radius 1 is 1.26 bits per heavy atom. The zero-order chi connectivity index (χ0) is 14.0. The molecule has 0 fully saturated rings. The lowest BCUT2D eigenvalue weighted by Gasteiger charge is -2.11. The number of aromatic carboxylic acids is 1. The van der Waals surface area contributed by atoms with E-state index in [-0.39, 0.29) is 11.3 Å². The van der Waals surface area contributed by atoms with Gasteiger partial charge in [0.05, 0.1) is 5.69 Å². The van der Waals surface area contributed by atoms with Crippen molar-refractivity contribution >= 4 is 5.97 Å². The summed E-state index contributed by atoms with van der Waals surface area (Å²) in [4.78, 5) is 11.1. The molecule has 2 aromatic rings. The smallest absolute Gasteiger partial charge is 0.352 e. The van der Waals surface area contributed by atoms with Crippen molar-refractivity contribution in [2.24, 2.45) is 0 Å². The molecule has 0 unspecified atom stereocenters. The number of carboxylic acid groups (broad SMARTS) is 1. The molecule has 19 heavy (non-hydrogen) atoms. The van der Waals surface area contributed by atoms with Crippen LogP contribution in [0.1, 0.15) is 23.8 Å². The first kappa shape index (κ1) is 13.3. The van der Waals surface area contributed by atoms with Gasteiger partial charge in [-0.1, -0.05) is 6.92 Å². The van der Waals surface area contributed by atoms with E-state index >= 15 is 0 Å². The monoisotopic (exact) mass is 265 g/mol. The highest BCUT2D eigenvalue weighted by molar-refractivity contribution is 5.87. The summed E-state index contributed by atoms with van der Waals surface area (Å²) in [7, 11) is 0. The van der Waals surface area contributed by atoms with E-state index in [4.69, 9.17) is 5.11 Å². The number of halogens is 2. The summed E-state index contributed by atoms with van der Waals surface area (Å²) in [6.45, 7) is 2.36. The van der Waals surface area contributed by atoms with Crippen molar-refractivity contribution in [3.8, 4) is 11.3 Å². The second kappa shape index (κ2) is 5.22. The van der Waals surface area contributed by atoms with Crippen LogP contribution in [0, 0.1) is 11.6 Å². The molecule has 1 aromatic heterocycles. The lowest BCUT2D eigenvalue weighted by molar-refractivity contribution is 0.0685.